The van der Waals surface area contributed by atoms with E-state index in [1.165, 1.54) is 19.2 Å². The number of amides is 2. The topological polar surface area (TPSA) is 78.9 Å². The maximum absolute atomic E-state index is 11.9. The van der Waals surface area contributed by atoms with Crippen LogP contribution in [-0.2, 0) is 0 Å². The molecule has 0 atom stereocenters. The van der Waals surface area contributed by atoms with Crippen molar-refractivity contribution in [1.82, 2.24) is 4.90 Å². The average Bonchev–Trinajstić information content (AvgIpc) is 2.40. The van der Waals surface area contributed by atoms with Crippen LogP contribution in [0.25, 0.3) is 0 Å². The van der Waals surface area contributed by atoms with Gasteiger partial charge in [0, 0.05) is 13.1 Å². The van der Waals surface area contributed by atoms with Crippen molar-refractivity contribution < 1.29 is 19.4 Å². The van der Waals surface area contributed by atoms with E-state index in [1.54, 1.807) is 11.0 Å². The molecule has 19 heavy (non-hydrogen) atoms. The van der Waals surface area contributed by atoms with Gasteiger partial charge in [-0.1, -0.05) is 0 Å². The van der Waals surface area contributed by atoms with E-state index in [0.29, 0.717) is 18.8 Å². The fourth-order valence-electron chi connectivity index (χ4n) is 1.64. The molecule has 0 aliphatic heterocycles. The second-order valence-corrected chi connectivity index (χ2v) is 3.82. The monoisotopic (exact) mass is 266 g/mol. The SMILES string of the molecule is CCN(CC)C(=O)Nc1ccc(OC)cc1C(=O)O. The van der Waals surface area contributed by atoms with E-state index < -0.39 is 5.97 Å². The van der Waals surface area contributed by atoms with Gasteiger partial charge >= 0.3 is 12.0 Å². The van der Waals surface area contributed by atoms with Crippen LogP contribution < -0.4 is 10.1 Å². The number of rotatable bonds is 5. The summed E-state index contributed by atoms with van der Waals surface area (Å²) >= 11 is 0. The molecule has 1 aromatic carbocycles. The summed E-state index contributed by atoms with van der Waals surface area (Å²) in [5.41, 5.74) is 0.255. The van der Waals surface area contributed by atoms with Gasteiger partial charge in [-0.05, 0) is 32.0 Å². The van der Waals surface area contributed by atoms with Crippen LogP contribution in [0.5, 0.6) is 5.75 Å². The first kappa shape index (κ1) is 14.8. The third-order valence-corrected chi connectivity index (χ3v) is 2.75. The standard InChI is InChI=1S/C13H18N2O4/c1-4-15(5-2)13(18)14-11-7-6-9(19-3)8-10(11)12(16)17/h6-8H,4-5H2,1-3H3,(H,14,18)(H,16,17). The number of hydrogen-bond donors (Lipinski definition) is 2. The summed E-state index contributed by atoms with van der Waals surface area (Å²) in [5.74, 6) is -0.688. The molecule has 0 aliphatic rings. The van der Waals surface area contributed by atoms with Gasteiger partial charge < -0.3 is 20.1 Å². The van der Waals surface area contributed by atoms with Gasteiger partial charge in [-0.25, -0.2) is 9.59 Å². The maximum atomic E-state index is 11.9. The van der Waals surface area contributed by atoms with Gasteiger partial charge in [-0.2, -0.15) is 0 Å². The van der Waals surface area contributed by atoms with E-state index in [2.05, 4.69) is 5.32 Å². The third kappa shape index (κ3) is 3.61. The van der Waals surface area contributed by atoms with Gasteiger partial charge in [0.15, 0.2) is 0 Å². The number of nitrogens with zero attached hydrogens (tertiary/aromatic N) is 1. The quantitative estimate of drug-likeness (QED) is 0.856. The number of anilines is 1. The summed E-state index contributed by atoms with van der Waals surface area (Å²) in [6.07, 6.45) is 0. The lowest BCUT2D eigenvalue weighted by molar-refractivity contribution is 0.0697. The lowest BCUT2D eigenvalue weighted by Gasteiger charge is -2.20. The van der Waals surface area contributed by atoms with Gasteiger partial charge in [0.05, 0.1) is 18.4 Å². The van der Waals surface area contributed by atoms with Crippen molar-refractivity contribution >= 4 is 17.7 Å². The van der Waals surface area contributed by atoms with E-state index in [-0.39, 0.29) is 17.3 Å². The smallest absolute Gasteiger partial charge is 0.337 e. The van der Waals surface area contributed by atoms with E-state index in [4.69, 9.17) is 9.84 Å². The Morgan fingerprint density at radius 1 is 1.32 bits per heavy atom. The van der Waals surface area contributed by atoms with Crippen LogP contribution in [0.4, 0.5) is 10.5 Å². The summed E-state index contributed by atoms with van der Waals surface area (Å²) in [4.78, 5) is 24.6. The number of carboxylic acid groups (broad SMARTS) is 1. The van der Waals surface area contributed by atoms with Crippen molar-refractivity contribution in [3.63, 3.8) is 0 Å². The molecule has 0 spiro atoms. The van der Waals surface area contributed by atoms with Crippen LogP contribution in [0.2, 0.25) is 0 Å². The molecule has 1 rings (SSSR count). The number of nitrogens with one attached hydrogen (secondary N) is 1. The molecule has 6 heteroatoms. The van der Waals surface area contributed by atoms with Gasteiger partial charge in [-0.15, -0.1) is 0 Å². The molecule has 0 radical (unpaired) electrons. The van der Waals surface area contributed by atoms with Crippen molar-refractivity contribution in [2.45, 2.75) is 13.8 Å². The Hall–Kier alpha value is -2.24. The number of carbonyl (C=O) groups excluding carboxylic acids is 1. The average molecular weight is 266 g/mol. The Bertz CT molecular complexity index is 470. The highest BCUT2D eigenvalue weighted by Crippen LogP contribution is 2.22. The van der Waals surface area contributed by atoms with Crippen LogP contribution in [0.1, 0.15) is 24.2 Å². The third-order valence-electron chi connectivity index (χ3n) is 2.75. The highest BCUT2D eigenvalue weighted by Gasteiger charge is 2.16. The first-order chi connectivity index (χ1) is 9.03. The fraction of sp³-hybridized carbons (Fsp3) is 0.385. The molecule has 2 N–H and O–H groups in total. The van der Waals surface area contributed by atoms with Crippen molar-refractivity contribution in [2.24, 2.45) is 0 Å². The lowest BCUT2D eigenvalue weighted by Crippen LogP contribution is -2.34. The number of urea groups is 1. The molecule has 0 aromatic heterocycles. The molecule has 0 unspecified atom stereocenters. The van der Waals surface area contributed by atoms with Crippen LogP contribution in [0, 0.1) is 0 Å². The summed E-state index contributed by atoms with van der Waals surface area (Å²) < 4.78 is 4.97. The molecule has 0 heterocycles. The number of methoxy groups -OCH3 is 1. The fourth-order valence-corrected chi connectivity index (χ4v) is 1.64. The molecule has 1 aromatic rings. The molecule has 0 aliphatic carbocycles. The molecular formula is C13H18N2O4. The normalized spacial score (nSPS) is 9.84. The van der Waals surface area contributed by atoms with Crippen molar-refractivity contribution in [2.75, 3.05) is 25.5 Å². The number of ether oxygens (including phenoxy) is 1. The maximum Gasteiger partial charge on any atom is 0.337 e. The molecule has 6 nitrogen and oxygen atoms in total. The minimum absolute atomic E-state index is 0.000133. The van der Waals surface area contributed by atoms with Crippen molar-refractivity contribution in [1.29, 1.82) is 0 Å². The Labute approximate surface area is 112 Å². The highest BCUT2D eigenvalue weighted by atomic mass is 16.5. The number of carboxylic acids is 1. The van der Waals surface area contributed by atoms with Gasteiger partial charge in [-0.3, -0.25) is 0 Å². The Kier molecular flexibility index (Phi) is 5.17. The van der Waals surface area contributed by atoms with Gasteiger partial charge in [0.25, 0.3) is 0 Å². The van der Waals surface area contributed by atoms with Crippen LogP contribution in [-0.4, -0.2) is 42.2 Å². The number of carbonyl (C=O) groups is 2. The second kappa shape index (κ2) is 6.63. The summed E-state index contributed by atoms with van der Waals surface area (Å²) in [6, 6.07) is 4.17. The predicted molar refractivity (Wildman–Crippen MR) is 71.9 cm³/mol. The Morgan fingerprint density at radius 3 is 2.42 bits per heavy atom. The van der Waals surface area contributed by atoms with E-state index >= 15 is 0 Å². The molecule has 0 saturated heterocycles. The molecular weight excluding hydrogens is 248 g/mol. The minimum atomic E-state index is -1.12. The minimum Gasteiger partial charge on any atom is -0.497 e. The highest BCUT2D eigenvalue weighted by molar-refractivity contribution is 6.00. The number of benzene rings is 1. The first-order valence-corrected chi connectivity index (χ1v) is 6.00. The molecule has 104 valence electrons. The van der Waals surface area contributed by atoms with Gasteiger partial charge in [0.1, 0.15) is 5.75 Å². The molecule has 0 fully saturated rings. The van der Waals surface area contributed by atoms with Crippen LogP contribution in [0.3, 0.4) is 0 Å². The summed E-state index contributed by atoms with van der Waals surface area (Å²) in [5, 5.41) is 11.7. The van der Waals surface area contributed by atoms with E-state index in [0.717, 1.165) is 0 Å². The predicted octanol–water partition coefficient (Wildman–Crippen LogP) is 2.27. The van der Waals surface area contributed by atoms with Crippen LogP contribution >= 0.6 is 0 Å². The largest absolute Gasteiger partial charge is 0.497 e. The first-order valence-electron chi connectivity index (χ1n) is 6.00. The molecule has 0 saturated carbocycles. The van der Waals surface area contributed by atoms with E-state index in [1.807, 2.05) is 13.8 Å². The van der Waals surface area contributed by atoms with Crippen molar-refractivity contribution in [3.8, 4) is 5.75 Å². The Balaban J connectivity index is 3.00. The Morgan fingerprint density at radius 2 is 1.95 bits per heavy atom. The van der Waals surface area contributed by atoms with Gasteiger partial charge in [0.2, 0.25) is 0 Å². The zero-order valence-corrected chi connectivity index (χ0v) is 11.3. The summed E-state index contributed by atoms with van der Waals surface area (Å²) in [7, 11) is 1.45. The van der Waals surface area contributed by atoms with E-state index in [9.17, 15) is 9.59 Å². The number of hydrogen-bond acceptors (Lipinski definition) is 3. The summed E-state index contributed by atoms with van der Waals surface area (Å²) in [6.45, 7) is 4.83. The molecule has 0 bridgehead atoms. The molecule has 2 amide bonds. The van der Waals surface area contributed by atoms with Crippen molar-refractivity contribution in [3.05, 3.63) is 23.8 Å². The number of aromatic carboxylic acids is 1. The zero-order chi connectivity index (χ0) is 14.4. The second-order valence-electron chi connectivity index (χ2n) is 3.82. The van der Waals surface area contributed by atoms with Crippen LogP contribution in [0.15, 0.2) is 18.2 Å². The zero-order valence-electron chi connectivity index (χ0n) is 11.3. The lowest BCUT2D eigenvalue weighted by atomic mass is 10.1.